The first kappa shape index (κ1) is 31.0. The van der Waals surface area contributed by atoms with Gasteiger partial charge in [-0.05, 0) is 72.0 Å². The van der Waals surface area contributed by atoms with Crippen LogP contribution in [0.25, 0.3) is 33.1 Å². The number of aromatic nitrogens is 2. The lowest BCUT2D eigenvalue weighted by Crippen LogP contribution is -2.43. The largest absolute Gasteiger partial charge is 0.494 e. The van der Waals surface area contributed by atoms with Gasteiger partial charge in [0.2, 0.25) is 0 Å². The Labute approximate surface area is 268 Å². The number of rotatable bonds is 9. The molecule has 46 heavy (non-hydrogen) atoms. The van der Waals surface area contributed by atoms with Gasteiger partial charge in [0.15, 0.2) is 12.4 Å². The van der Waals surface area contributed by atoms with Crippen molar-refractivity contribution < 1.29 is 19.0 Å². The third kappa shape index (κ3) is 6.23. The van der Waals surface area contributed by atoms with Gasteiger partial charge in [0.1, 0.15) is 11.5 Å². The zero-order valence-electron chi connectivity index (χ0n) is 26.7. The molecule has 4 aromatic carbocycles. The molecule has 0 aliphatic carbocycles. The molecule has 236 valence electrons. The number of carbonyl (C=O) groups is 1. The minimum atomic E-state index is -0.290. The zero-order valence-corrected chi connectivity index (χ0v) is 26.7. The summed E-state index contributed by atoms with van der Waals surface area (Å²) in [6, 6.07) is 23.0. The number of aryl methyl sites for hydroxylation is 1. The summed E-state index contributed by atoms with van der Waals surface area (Å²) in [5.41, 5.74) is 3.68. The molecule has 0 N–H and O–H groups in total. The topological polar surface area (TPSA) is 95.2 Å². The number of ether oxygens (including phenoxy) is 3. The molecule has 9 nitrogen and oxygen atoms in total. The van der Waals surface area contributed by atoms with E-state index in [2.05, 4.69) is 19.9 Å². The molecule has 1 fully saturated rings. The van der Waals surface area contributed by atoms with Gasteiger partial charge in [-0.15, -0.1) is 0 Å². The molecule has 6 rings (SSSR count). The van der Waals surface area contributed by atoms with Crippen LogP contribution in [0.4, 0.5) is 0 Å². The van der Waals surface area contributed by atoms with Gasteiger partial charge in [-0.2, -0.15) is 9.78 Å². The normalized spacial score (nSPS) is 13.6. The van der Waals surface area contributed by atoms with Crippen molar-refractivity contribution in [3.8, 4) is 22.9 Å². The smallest absolute Gasteiger partial charge is 0.282 e. The first-order valence-electron chi connectivity index (χ1n) is 15.7. The average molecular weight is 619 g/mol. The highest BCUT2D eigenvalue weighted by Crippen LogP contribution is 2.34. The van der Waals surface area contributed by atoms with Crippen LogP contribution in [0.1, 0.15) is 43.4 Å². The zero-order chi connectivity index (χ0) is 32.2. The van der Waals surface area contributed by atoms with Gasteiger partial charge in [-0.1, -0.05) is 56.3 Å². The van der Waals surface area contributed by atoms with Gasteiger partial charge in [-0.25, -0.2) is 4.98 Å². The van der Waals surface area contributed by atoms with Crippen molar-refractivity contribution in [1.29, 1.82) is 0 Å². The quantitative estimate of drug-likeness (QED) is 0.184. The Balaban J connectivity index is 1.48. The number of amides is 1. The van der Waals surface area contributed by atoms with Crippen LogP contribution in [0.5, 0.6) is 11.5 Å². The monoisotopic (exact) mass is 618 g/mol. The van der Waals surface area contributed by atoms with Crippen molar-refractivity contribution in [1.82, 2.24) is 14.6 Å². The lowest BCUT2D eigenvalue weighted by molar-refractivity contribution is -0.137. The molecule has 5 aromatic rings. The van der Waals surface area contributed by atoms with Gasteiger partial charge in [0.25, 0.3) is 11.5 Å². The van der Waals surface area contributed by atoms with Gasteiger partial charge in [0.05, 0.1) is 36.9 Å². The third-order valence-electron chi connectivity index (χ3n) is 8.22. The highest BCUT2D eigenvalue weighted by atomic mass is 16.5. The maximum Gasteiger partial charge on any atom is 0.282 e. The van der Waals surface area contributed by atoms with E-state index in [1.165, 1.54) is 4.68 Å². The number of para-hydroxylation sites is 1. The minimum Gasteiger partial charge on any atom is -0.494 e. The van der Waals surface area contributed by atoms with Gasteiger partial charge in [-0.3, -0.25) is 9.59 Å². The molecule has 9 heteroatoms. The van der Waals surface area contributed by atoms with E-state index >= 15 is 0 Å². The van der Waals surface area contributed by atoms with E-state index in [9.17, 15) is 9.59 Å². The second-order valence-corrected chi connectivity index (χ2v) is 11.6. The lowest BCUT2D eigenvalue weighted by Gasteiger charge is -2.26. The SMILES string of the molecule is CCOc1cc(C)c(-c2nc3ccccc3c(=O)n2N=Cc2c(OCC(=O)N3CCOCC3)ccc3ccccc23)cc1C(C)C. The van der Waals surface area contributed by atoms with Crippen molar-refractivity contribution in [2.45, 2.75) is 33.6 Å². The highest BCUT2D eigenvalue weighted by molar-refractivity contribution is 6.02. The summed E-state index contributed by atoms with van der Waals surface area (Å²) in [5.74, 6) is 1.81. The fourth-order valence-corrected chi connectivity index (χ4v) is 5.77. The Morgan fingerprint density at radius 1 is 0.978 bits per heavy atom. The van der Waals surface area contributed by atoms with E-state index in [1.54, 1.807) is 17.2 Å². The molecular weight excluding hydrogens is 580 g/mol. The Morgan fingerprint density at radius 2 is 1.72 bits per heavy atom. The van der Waals surface area contributed by atoms with Crippen molar-refractivity contribution in [2.24, 2.45) is 5.10 Å². The second kappa shape index (κ2) is 13.5. The summed E-state index contributed by atoms with van der Waals surface area (Å²) in [7, 11) is 0. The number of hydrogen-bond donors (Lipinski definition) is 0. The molecule has 0 radical (unpaired) electrons. The van der Waals surface area contributed by atoms with Gasteiger partial charge < -0.3 is 19.1 Å². The molecule has 1 saturated heterocycles. The van der Waals surface area contributed by atoms with Crippen LogP contribution in [-0.2, 0) is 9.53 Å². The Morgan fingerprint density at radius 3 is 2.48 bits per heavy atom. The standard InChI is InChI=1S/C37H38N4O5/c1-5-45-34-20-25(4)30(21-29(34)24(2)3)36-39-32-13-9-8-12-28(32)37(43)41(36)38-22-31-27-11-7-6-10-26(27)14-15-33(31)46-23-35(42)40-16-18-44-19-17-40/h6-15,20-22,24H,5,16-19,23H2,1-4H3. The van der Waals surface area contributed by atoms with Crippen LogP contribution >= 0.6 is 0 Å². The number of hydrogen-bond acceptors (Lipinski definition) is 7. The first-order valence-corrected chi connectivity index (χ1v) is 15.7. The van der Waals surface area contributed by atoms with E-state index in [0.717, 1.165) is 33.2 Å². The Hall–Kier alpha value is -5.02. The van der Waals surface area contributed by atoms with E-state index in [-0.39, 0.29) is 24.0 Å². The summed E-state index contributed by atoms with van der Waals surface area (Å²) < 4.78 is 18.8. The van der Waals surface area contributed by atoms with E-state index < -0.39 is 0 Å². The Kier molecular flexibility index (Phi) is 9.12. The van der Waals surface area contributed by atoms with Crippen molar-refractivity contribution in [2.75, 3.05) is 39.5 Å². The molecule has 0 atom stereocenters. The van der Waals surface area contributed by atoms with E-state index in [4.69, 9.17) is 24.3 Å². The predicted octanol–water partition coefficient (Wildman–Crippen LogP) is 6.17. The molecule has 1 aliphatic heterocycles. The molecule has 0 unspecified atom stereocenters. The molecule has 0 spiro atoms. The summed E-state index contributed by atoms with van der Waals surface area (Å²) in [6.07, 6.45) is 1.63. The van der Waals surface area contributed by atoms with E-state index in [0.29, 0.717) is 61.0 Å². The number of carbonyl (C=O) groups excluding carboxylic acids is 1. The molecule has 1 aliphatic rings. The molecular formula is C37H38N4O5. The van der Waals surface area contributed by atoms with Crippen molar-refractivity contribution in [3.63, 3.8) is 0 Å². The predicted molar refractivity (Wildman–Crippen MR) is 181 cm³/mol. The molecule has 0 bridgehead atoms. The molecule has 1 aromatic heterocycles. The number of morpholine rings is 1. The third-order valence-corrected chi connectivity index (χ3v) is 8.22. The number of nitrogens with zero attached hydrogens (tertiary/aromatic N) is 4. The maximum atomic E-state index is 14.1. The van der Waals surface area contributed by atoms with E-state index in [1.807, 2.05) is 74.5 Å². The van der Waals surface area contributed by atoms with Crippen LogP contribution in [-0.4, -0.2) is 66.2 Å². The summed E-state index contributed by atoms with van der Waals surface area (Å²) >= 11 is 0. The minimum absolute atomic E-state index is 0.108. The Bertz CT molecular complexity index is 1990. The second-order valence-electron chi connectivity index (χ2n) is 11.6. The fraction of sp³-hybridized carbons (Fsp3) is 0.297. The van der Waals surface area contributed by atoms with Crippen LogP contribution in [0, 0.1) is 6.92 Å². The van der Waals surface area contributed by atoms with Crippen LogP contribution in [0.3, 0.4) is 0 Å². The number of benzene rings is 4. The molecule has 1 amide bonds. The fourth-order valence-electron chi connectivity index (χ4n) is 5.77. The highest BCUT2D eigenvalue weighted by Gasteiger charge is 2.20. The van der Waals surface area contributed by atoms with Crippen LogP contribution < -0.4 is 15.0 Å². The van der Waals surface area contributed by atoms with Crippen molar-refractivity contribution in [3.05, 3.63) is 99.8 Å². The lowest BCUT2D eigenvalue weighted by atomic mass is 9.96. The van der Waals surface area contributed by atoms with Crippen molar-refractivity contribution >= 4 is 33.8 Å². The molecule has 2 heterocycles. The summed E-state index contributed by atoms with van der Waals surface area (Å²) in [6.45, 7) is 10.7. The summed E-state index contributed by atoms with van der Waals surface area (Å²) in [4.78, 5) is 33.7. The maximum absolute atomic E-state index is 14.1. The molecule has 0 saturated carbocycles. The summed E-state index contributed by atoms with van der Waals surface area (Å²) in [5, 5.41) is 7.11. The van der Waals surface area contributed by atoms with Gasteiger partial charge >= 0.3 is 0 Å². The average Bonchev–Trinajstić information content (AvgIpc) is 3.07. The van der Waals surface area contributed by atoms with Gasteiger partial charge in [0, 0.05) is 24.2 Å². The van der Waals surface area contributed by atoms with Crippen LogP contribution in [0.2, 0.25) is 0 Å². The van der Waals surface area contributed by atoms with Crippen LogP contribution in [0.15, 0.2) is 82.7 Å². The number of fused-ring (bicyclic) bond motifs is 2. The first-order chi connectivity index (χ1) is 22.4.